The maximum absolute atomic E-state index is 12.9. The number of aliphatic hydroxyl groups excluding tert-OH is 1. The second kappa shape index (κ2) is 7.14. The van der Waals surface area contributed by atoms with E-state index in [1.165, 1.54) is 25.3 Å². The number of nitrogens with zero attached hydrogens (tertiary/aromatic N) is 2. The van der Waals surface area contributed by atoms with Crippen molar-refractivity contribution in [3.63, 3.8) is 0 Å². The monoisotopic (exact) mass is 280 g/mol. The molecule has 1 heterocycles. The van der Waals surface area contributed by atoms with Crippen LogP contribution in [-0.4, -0.2) is 34.6 Å². The summed E-state index contributed by atoms with van der Waals surface area (Å²) in [5.41, 5.74) is 0.554. The molecule has 2 atom stereocenters. The lowest BCUT2D eigenvalue weighted by Gasteiger charge is -2.34. The van der Waals surface area contributed by atoms with Crippen molar-refractivity contribution in [1.29, 1.82) is 0 Å². The summed E-state index contributed by atoms with van der Waals surface area (Å²) < 4.78 is 12.9. The Morgan fingerprint density at radius 2 is 2.20 bits per heavy atom. The zero-order valence-electron chi connectivity index (χ0n) is 12.4. The molecule has 3 nitrogen and oxygen atoms in total. The third-order valence-electron chi connectivity index (χ3n) is 4.33. The number of rotatable bonds is 7. The molecule has 1 aromatic rings. The lowest BCUT2D eigenvalue weighted by atomic mass is 9.85. The van der Waals surface area contributed by atoms with E-state index in [2.05, 4.69) is 16.8 Å². The van der Waals surface area contributed by atoms with E-state index in [4.69, 9.17) is 0 Å². The third kappa shape index (κ3) is 4.00. The Morgan fingerprint density at radius 3 is 2.70 bits per heavy atom. The van der Waals surface area contributed by atoms with Crippen molar-refractivity contribution in [3.8, 4) is 0 Å². The minimum Gasteiger partial charge on any atom is -0.386 e. The molecule has 0 aliphatic heterocycles. The van der Waals surface area contributed by atoms with Gasteiger partial charge in [-0.15, -0.1) is 0 Å². The quantitative estimate of drug-likeness (QED) is 0.834. The average molecular weight is 280 g/mol. The zero-order chi connectivity index (χ0) is 14.5. The van der Waals surface area contributed by atoms with Gasteiger partial charge in [-0.25, -0.2) is 4.39 Å². The standard InChI is InChI=1S/C16H25FN2O/c1-3-19(11-13-5-4-6-13)10-12(2)16(20)15-8-7-14(17)9-18-15/h7-9,12-13,16,20H,3-6,10-11H2,1-2H3. The van der Waals surface area contributed by atoms with Crippen LogP contribution in [0.4, 0.5) is 4.39 Å². The topological polar surface area (TPSA) is 36.4 Å². The molecule has 20 heavy (non-hydrogen) atoms. The maximum atomic E-state index is 12.9. The lowest BCUT2D eigenvalue weighted by Crippen LogP contribution is -2.36. The summed E-state index contributed by atoms with van der Waals surface area (Å²) in [5, 5.41) is 10.3. The van der Waals surface area contributed by atoms with Crippen LogP contribution in [0.5, 0.6) is 0 Å². The smallest absolute Gasteiger partial charge is 0.141 e. The second-order valence-electron chi connectivity index (χ2n) is 5.97. The van der Waals surface area contributed by atoms with E-state index in [0.29, 0.717) is 5.69 Å². The first-order valence-corrected chi connectivity index (χ1v) is 7.62. The maximum Gasteiger partial charge on any atom is 0.141 e. The van der Waals surface area contributed by atoms with Crippen LogP contribution in [0.25, 0.3) is 0 Å². The molecule has 0 saturated heterocycles. The summed E-state index contributed by atoms with van der Waals surface area (Å²) in [6.45, 7) is 7.18. The minimum absolute atomic E-state index is 0.0907. The normalized spacial score (nSPS) is 18.9. The van der Waals surface area contributed by atoms with Crippen molar-refractivity contribution < 1.29 is 9.50 Å². The highest BCUT2D eigenvalue weighted by Crippen LogP contribution is 2.28. The first-order chi connectivity index (χ1) is 9.60. The Bertz CT molecular complexity index is 405. The van der Waals surface area contributed by atoms with Crippen molar-refractivity contribution in [2.24, 2.45) is 11.8 Å². The van der Waals surface area contributed by atoms with E-state index in [9.17, 15) is 9.50 Å². The molecule has 2 rings (SSSR count). The molecular weight excluding hydrogens is 255 g/mol. The van der Waals surface area contributed by atoms with Gasteiger partial charge in [0, 0.05) is 19.0 Å². The van der Waals surface area contributed by atoms with Crippen molar-refractivity contribution in [1.82, 2.24) is 9.88 Å². The van der Waals surface area contributed by atoms with Crippen LogP contribution in [-0.2, 0) is 0 Å². The first kappa shape index (κ1) is 15.4. The van der Waals surface area contributed by atoms with Gasteiger partial charge in [0.2, 0.25) is 0 Å². The van der Waals surface area contributed by atoms with Crippen LogP contribution in [0.1, 0.15) is 44.9 Å². The molecule has 0 bridgehead atoms. The predicted octanol–water partition coefficient (Wildman–Crippen LogP) is 3.01. The Balaban J connectivity index is 1.88. The van der Waals surface area contributed by atoms with Gasteiger partial charge < -0.3 is 10.0 Å². The van der Waals surface area contributed by atoms with Gasteiger partial charge in [-0.1, -0.05) is 20.3 Å². The molecule has 4 heteroatoms. The summed E-state index contributed by atoms with van der Waals surface area (Å²) >= 11 is 0. The van der Waals surface area contributed by atoms with Gasteiger partial charge >= 0.3 is 0 Å². The molecule has 1 N–H and O–H groups in total. The molecule has 1 aliphatic rings. The van der Waals surface area contributed by atoms with Gasteiger partial charge in [0.25, 0.3) is 0 Å². The molecule has 1 saturated carbocycles. The van der Waals surface area contributed by atoms with Crippen LogP contribution in [0, 0.1) is 17.7 Å². The molecule has 1 fully saturated rings. The third-order valence-corrected chi connectivity index (χ3v) is 4.33. The highest BCUT2D eigenvalue weighted by molar-refractivity contribution is 5.08. The van der Waals surface area contributed by atoms with E-state index < -0.39 is 6.10 Å². The highest BCUT2D eigenvalue weighted by atomic mass is 19.1. The number of aromatic nitrogens is 1. The summed E-state index contributed by atoms with van der Waals surface area (Å²) in [6.07, 6.45) is 4.57. The van der Waals surface area contributed by atoms with E-state index in [0.717, 1.165) is 31.7 Å². The van der Waals surface area contributed by atoms with E-state index >= 15 is 0 Å². The van der Waals surface area contributed by atoms with Gasteiger partial charge in [0.1, 0.15) is 5.82 Å². The van der Waals surface area contributed by atoms with Crippen LogP contribution in [0.15, 0.2) is 18.3 Å². The lowest BCUT2D eigenvalue weighted by molar-refractivity contribution is 0.0754. The molecule has 1 aromatic heterocycles. The molecule has 0 spiro atoms. The minimum atomic E-state index is -0.633. The summed E-state index contributed by atoms with van der Waals surface area (Å²) in [5.74, 6) is 0.560. The second-order valence-corrected chi connectivity index (χ2v) is 5.97. The van der Waals surface area contributed by atoms with Crippen molar-refractivity contribution in [2.45, 2.75) is 39.2 Å². The first-order valence-electron chi connectivity index (χ1n) is 7.62. The molecule has 0 amide bonds. The highest BCUT2D eigenvalue weighted by Gasteiger charge is 2.24. The van der Waals surface area contributed by atoms with Gasteiger partial charge in [0.15, 0.2) is 0 Å². The van der Waals surface area contributed by atoms with Crippen molar-refractivity contribution >= 4 is 0 Å². The van der Waals surface area contributed by atoms with Gasteiger partial charge in [-0.2, -0.15) is 0 Å². The fraction of sp³-hybridized carbons (Fsp3) is 0.688. The van der Waals surface area contributed by atoms with Crippen LogP contribution in [0.2, 0.25) is 0 Å². The van der Waals surface area contributed by atoms with Crippen molar-refractivity contribution in [2.75, 3.05) is 19.6 Å². The van der Waals surface area contributed by atoms with Gasteiger partial charge in [0.05, 0.1) is 18.0 Å². The molecule has 112 valence electrons. The van der Waals surface area contributed by atoms with Gasteiger partial charge in [-0.3, -0.25) is 4.98 Å². The fourth-order valence-corrected chi connectivity index (χ4v) is 2.73. The van der Waals surface area contributed by atoms with E-state index in [1.54, 1.807) is 6.07 Å². The van der Waals surface area contributed by atoms with E-state index in [-0.39, 0.29) is 11.7 Å². The Labute approximate surface area is 120 Å². The number of halogens is 1. The van der Waals surface area contributed by atoms with Crippen molar-refractivity contribution in [3.05, 3.63) is 29.8 Å². The molecule has 0 aromatic carbocycles. The van der Waals surface area contributed by atoms with Gasteiger partial charge in [-0.05, 0) is 37.4 Å². The SMILES string of the molecule is CCN(CC1CCC1)CC(C)C(O)c1ccc(F)cn1. The Morgan fingerprint density at radius 1 is 1.45 bits per heavy atom. The Hall–Kier alpha value is -1.00. The number of hydrogen-bond acceptors (Lipinski definition) is 3. The average Bonchev–Trinajstić information content (AvgIpc) is 2.41. The molecule has 1 aliphatic carbocycles. The fourth-order valence-electron chi connectivity index (χ4n) is 2.73. The Kier molecular flexibility index (Phi) is 5.49. The van der Waals surface area contributed by atoms with Crippen LogP contribution >= 0.6 is 0 Å². The molecule has 0 radical (unpaired) electrons. The molecule has 2 unspecified atom stereocenters. The largest absolute Gasteiger partial charge is 0.386 e. The summed E-state index contributed by atoms with van der Waals surface area (Å²) in [4.78, 5) is 6.38. The molecular formula is C16H25FN2O. The van der Waals surface area contributed by atoms with Crippen LogP contribution < -0.4 is 0 Å². The zero-order valence-corrected chi connectivity index (χ0v) is 12.4. The van der Waals surface area contributed by atoms with E-state index in [1.807, 2.05) is 6.92 Å². The van der Waals surface area contributed by atoms with Crippen LogP contribution in [0.3, 0.4) is 0 Å². The summed E-state index contributed by atoms with van der Waals surface area (Å²) in [6, 6.07) is 2.92. The number of pyridine rings is 1. The number of aliphatic hydroxyl groups is 1. The summed E-state index contributed by atoms with van der Waals surface area (Å²) in [7, 11) is 0. The predicted molar refractivity (Wildman–Crippen MR) is 77.8 cm³/mol. The number of hydrogen-bond donors (Lipinski definition) is 1.